The lowest BCUT2D eigenvalue weighted by Crippen LogP contribution is -1.89. The smallest absolute Gasteiger partial charge is 0.301 e. The molecular weight excluding hydrogens is 200 g/mol. The van der Waals surface area contributed by atoms with E-state index in [-0.39, 0.29) is 0 Å². The molecule has 0 amide bonds. The monoisotopic (exact) mass is 208 g/mol. The average molecular weight is 208 g/mol. The molecule has 0 aromatic carbocycles. The quantitative estimate of drug-likeness (QED) is 0.198. The SMILES string of the molecule is CC(=O)OO.O=S(=O)(O)O.OO. The normalized spacial score (nSPS) is 8.17. The molecule has 0 rings (SSSR count). The summed E-state index contributed by atoms with van der Waals surface area (Å²) in [6.45, 7) is 1.11. The third-order valence-electron chi connectivity index (χ3n) is 0.129. The van der Waals surface area contributed by atoms with Gasteiger partial charge in [-0.3, -0.25) is 19.6 Å². The highest BCUT2D eigenvalue weighted by Crippen LogP contribution is 1.59. The molecule has 0 spiro atoms. The highest BCUT2D eigenvalue weighted by molar-refractivity contribution is 7.79. The first-order chi connectivity index (χ1) is 5.27. The molecule has 0 aliphatic carbocycles. The van der Waals surface area contributed by atoms with Crippen LogP contribution in [0.15, 0.2) is 0 Å². The Morgan fingerprint density at radius 1 is 1.25 bits per heavy atom. The second-order valence-corrected chi connectivity index (χ2v) is 1.93. The standard InChI is InChI=1S/C2H4O3.H2O4S.H2O2/c1-2(3)5-4;1-5(2,3)4;1-2/h4H,1H3;(H2,1,2,3,4);1-2H. The van der Waals surface area contributed by atoms with Crippen molar-refractivity contribution in [2.75, 3.05) is 0 Å². The minimum atomic E-state index is -4.67. The van der Waals surface area contributed by atoms with Crippen LogP contribution in [0.4, 0.5) is 0 Å². The maximum atomic E-state index is 9.34. The van der Waals surface area contributed by atoms with Crippen molar-refractivity contribution in [3.05, 3.63) is 0 Å². The maximum absolute atomic E-state index is 9.34. The van der Waals surface area contributed by atoms with E-state index in [1.54, 1.807) is 0 Å². The van der Waals surface area contributed by atoms with E-state index in [0.29, 0.717) is 0 Å². The van der Waals surface area contributed by atoms with Crippen LogP contribution < -0.4 is 0 Å². The molecule has 0 radical (unpaired) electrons. The van der Waals surface area contributed by atoms with Crippen LogP contribution in [0.25, 0.3) is 0 Å². The molecule has 0 saturated carbocycles. The molecule has 5 N–H and O–H groups in total. The topological polar surface area (TPSA) is 162 Å². The zero-order valence-corrected chi connectivity index (χ0v) is 6.59. The summed E-state index contributed by atoms with van der Waals surface area (Å²) < 4.78 is 31.6. The van der Waals surface area contributed by atoms with E-state index in [0.717, 1.165) is 6.92 Å². The van der Waals surface area contributed by atoms with Crippen LogP contribution in [-0.2, 0) is 20.1 Å². The van der Waals surface area contributed by atoms with Crippen molar-refractivity contribution in [2.45, 2.75) is 6.92 Å². The largest absolute Gasteiger partial charge is 0.394 e. The van der Waals surface area contributed by atoms with Crippen LogP contribution in [0, 0.1) is 0 Å². The van der Waals surface area contributed by atoms with Crippen LogP contribution in [0.3, 0.4) is 0 Å². The summed E-state index contributed by atoms with van der Waals surface area (Å²) in [6.07, 6.45) is 0. The molecule has 0 aliphatic rings. The van der Waals surface area contributed by atoms with Gasteiger partial charge in [-0.1, -0.05) is 0 Å². The van der Waals surface area contributed by atoms with Gasteiger partial charge in [-0.15, -0.1) is 0 Å². The molecule has 0 aliphatic heterocycles. The molecule has 0 saturated heterocycles. The maximum Gasteiger partial charge on any atom is 0.394 e. The van der Waals surface area contributed by atoms with E-state index < -0.39 is 16.4 Å². The van der Waals surface area contributed by atoms with Crippen LogP contribution in [0.1, 0.15) is 6.92 Å². The summed E-state index contributed by atoms with van der Waals surface area (Å²) in [5.74, 6) is -0.690. The Bertz CT molecular complexity index is 171. The summed E-state index contributed by atoms with van der Waals surface area (Å²) in [7, 11) is -4.67. The lowest BCUT2D eigenvalue weighted by molar-refractivity contribution is -0.231. The van der Waals surface area contributed by atoms with Crippen molar-refractivity contribution in [3.8, 4) is 0 Å². The van der Waals surface area contributed by atoms with E-state index >= 15 is 0 Å². The first-order valence-corrected chi connectivity index (χ1v) is 3.39. The molecule has 0 bridgehead atoms. The first kappa shape index (κ1) is 17.3. The second kappa shape index (κ2) is 10.2. The van der Waals surface area contributed by atoms with Gasteiger partial charge in [-0.25, -0.2) is 4.79 Å². The Morgan fingerprint density at radius 3 is 1.33 bits per heavy atom. The molecule has 0 aromatic heterocycles. The molecule has 0 atom stereocenters. The summed E-state index contributed by atoms with van der Waals surface area (Å²) >= 11 is 0. The fourth-order valence-electron chi connectivity index (χ4n) is 0. The second-order valence-electron chi connectivity index (χ2n) is 1.03. The average Bonchev–Trinajstić information content (AvgIpc) is 1.89. The van der Waals surface area contributed by atoms with Gasteiger partial charge in [0.2, 0.25) is 0 Å². The Morgan fingerprint density at radius 2 is 1.33 bits per heavy atom. The van der Waals surface area contributed by atoms with E-state index in [1.165, 1.54) is 0 Å². The number of rotatable bonds is 0. The third kappa shape index (κ3) is 419. The predicted octanol–water partition coefficient (Wildman–Crippen LogP) is -0.613. The fourth-order valence-corrected chi connectivity index (χ4v) is 0. The van der Waals surface area contributed by atoms with Gasteiger partial charge in [0.15, 0.2) is 0 Å². The summed E-state index contributed by atoms with van der Waals surface area (Å²) in [6, 6.07) is 0. The molecule has 0 aromatic rings. The Kier molecular flexibility index (Phi) is 14.8. The molecular formula is C2H8O9S. The van der Waals surface area contributed by atoms with Crippen molar-refractivity contribution in [3.63, 3.8) is 0 Å². The zero-order chi connectivity index (χ0) is 10.8. The van der Waals surface area contributed by atoms with Crippen LogP contribution in [0.5, 0.6) is 0 Å². The van der Waals surface area contributed by atoms with Gasteiger partial charge in [-0.05, 0) is 0 Å². The van der Waals surface area contributed by atoms with E-state index in [9.17, 15) is 4.79 Å². The molecule has 76 valence electrons. The summed E-state index contributed by atoms with van der Waals surface area (Å²) in [4.78, 5) is 12.5. The summed E-state index contributed by atoms with van der Waals surface area (Å²) in [5.41, 5.74) is 0. The highest BCUT2D eigenvalue weighted by Gasteiger charge is 1.84. The van der Waals surface area contributed by atoms with Crippen molar-refractivity contribution in [1.29, 1.82) is 0 Å². The number of hydrogen-bond donors (Lipinski definition) is 5. The Balaban J connectivity index is -0.000000112. The van der Waals surface area contributed by atoms with Gasteiger partial charge < -0.3 is 4.89 Å². The van der Waals surface area contributed by atoms with Gasteiger partial charge in [0.05, 0.1) is 0 Å². The van der Waals surface area contributed by atoms with Gasteiger partial charge >= 0.3 is 16.4 Å². The van der Waals surface area contributed by atoms with E-state index in [1.807, 2.05) is 0 Å². The van der Waals surface area contributed by atoms with Gasteiger partial charge in [0.25, 0.3) is 0 Å². The lowest BCUT2D eigenvalue weighted by Gasteiger charge is -1.76. The van der Waals surface area contributed by atoms with Crippen molar-refractivity contribution in [2.24, 2.45) is 0 Å². The van der Waals surface area contributed by atoms with Gasteiger partial charge in [0, 0.05) is 6.92 Å². The molecule has 12 heavy (non-hydrogen) atoms. The van der Waals surface area contributed by atoms with Crippen LogP contribution >= 0.6 is 0 Å². The summed E-state index contributed by atoms with van der Waals surface area (Å²) in [5, 5.41) is 19.3. The highest BCUT2D eigenvalue weighted by atomic mass is 32.3. The minimum Gasteiger partial charge on any atom is -0.301 e. The zero-order valence-electron chi connectivity index (χ0n) is 5.78. The van der Waals surface area contributed by atoms with Crippen molar-refractivity contribution in [1.82, 2.24) is 0 Å². The van der Waals surface area contributed by atoms with Crippen molar-refractivity contribution < 1.29 is 43.0 Å². The Hall–Kier alpha value is -0.780. The van der Waals surface area contributed by atoms with E-state index in [2.05, 4.69) is 4.89 Å². The fraction of sp³-hybridized carbons (Fsp3) is 0.500. The molecule has 0 fully saturated rings. The van der Waals surface area contributed by atoms with Crippen molar-refractivity contribution >= 4 is 16.4 Å². The predicted molar refractivity (Wildman–Crippen MR) is 33.8 cm³/mol. The minimum absolute atomic E-state index is 0.690. The first-order valence-electron chi connectivity index (χ1n) is 1.99. The number of carbonyl (C=O) groups excluding carboxylic acids is 1. The molecule has 0 unspecified atom stereocenters. The molecule has 0 heterocycles. The Labute approximate surface area is 67.3 Å². The van der Waals surface area contributed by atoms with Crippen LogP contribution in [-0.4, -0.2) is 39.3 Å². The van der Waals surface area contributed by atoms with E-state index in [4.69, 9.17) is 33.3 Å². The van der Waals surface area contributed by atoms with Crippen LogP contribution in [0.2, 0.25) is 0 Å². The van der Waals surface area contributed by atoms with Gasteiger partial charge in [-0.2, -0.15) is 13.7 Å². The third-order valence-corrected chi connectivity index (χ3v) is 0.129. The molecule has 10 heteroatoms. The number of hydrogen-bond acceptors (Lipinski definition) is 7. The lowest BCUT2D eigenvalue weighted by atomic mass is 10.9. The molecule has 9 nitrogen and oxygen atoms in total. The number of carbonyl (C=O) groups is 1. The van der Waals surface area contributed by atoms with Gasteiger partial charge in [0.1, 0.15) is 0 Å².